The Labute approximate surface area is 176 Å². The van der Waals surface area contributed by atoms with Crippen molar-refractivity contribution in [2.75, 3.05) is 32.1 Å². The van der Waals surface area contributed by atoms with Gasteiger partial charge in [0, 0.05) is 24.2 Å². The molecule has 1 amide bonds. The van der Waals surface area contributed by atoms with Crippen molar-refractivity contribution >= 4 is 15.7 Å². The van der Waals surface area contributed by atoms with E-state index in [1.54, 1.807) is 24.3 Å². The van der Waals surface area contributed by atoms with Crippen molar-refractivity contribution in [2.45, 2.75) is 25.5 Å². The van der Waals surface area contributed by atoms with Crippen molar-refractivity contribution in [1.82, 2.24) is 4.90 Å². The van der Waals surface area contributed by atoms with Crippen LogP contribution >= 0.6 is 0 Å². The lowest BCUT2D eigenvalue weighted by molar-refractivity contribution is 0.0766. The first kappa shape index (κ1) is 22.1. The Kier molecular flexibility index (Phi) is 6.97. The minimum absolute atomic E-state index is 0.0588. The fourth-order valence-corrected chi connectivity index (χ4v) is 5.40. The van der Waals surface area contributed by atoms with Gasteiger partial charge in [0.15, 0.2) is 21.3 Å². The highest BCUT2D eigenvalue weighted by molar-refractivity contribution is 7.91. The van der Waals surface area contributed by atoms with Crippen LogP contribution in [0.25, 0.3) is 0 Å². The fourth-order valence-electron chi connectivity index (χ4n) is 3.60. The van der Waals surface area contributed by atoms with E-state index in [1.165, 1.54) is 23.1 Å². The number of rotatable bonds is 6. The van der Waals surface area contributed by atoms with E-state index in [2.05, 4.69) is 0 Å². The van der Waals surface area contributed by atoms with Crippen molar-refractivity contribution in [2.24, 2.45) is 0 Å². The number of carbonyl (C=O) groups is 1. The van der Waals surface area contributed by atoms with Crippen LogP contribution in [0.4, 0.5) is 4.39 Å². The highest BCUT2D eigenvalue weighted by Gasteiger charge is 2.34. The molecule has 1 unspecified atom stereocenters. The van der Waals surface area contributed by atoms with E-state index >= 15 is 0 Å². The summed E-state index contributed by atoms with van der Waals surface area (Å²) in [5.41, 5.74) is 0.551. The van der Waals surface area contributed by atoms with Crippen molar-refractivity contribution in [3.05, 3.63) is 59.4 Å². The van der Waals surface area contributed by atoms with Gasteiger partial charge >= 0.3 is 0 Å². The zero-order valence-electron chi connectivity index (χ0n) is 17.1. The van der Waals surface area contributed by atoms with E-state index in [4.69, 9.17) is 9.47 Å². The second-order valence-electron chi connectivity index (χ2n) is 6.99. The van der Waals surface area contributed by atoms with Gasteiger partial charge in [-0.1, -0.05) is 18.2 Å². The monoisotopic (exact) mass is 435 g/mol. The molecule has 2 aromatic carbocycles. The summed E-state index contributed by atoms with van der Waals surface area (Å²) in [4.78, 5) is 14.6. The summed E-state index contributed by atoms with van der Waals surface area (Å²) in [6.07, 6.45) is 0.143. The first-order chi connectivity index (χ1) is 14.4. The first-order valence-corrected chi connectivity index (χ1v) is 11.7. The number of ether oxygens (including phenoxy) is 2. The van der Waals surface area contributed by atoms with Gasteiger partial charge in [-0.25, -0.2) is 12.8 Å². The van der Waals surface area contributed by atoms with Gasteiger partial charge in [0.2, 0.25) is 0 Å². The molecule has 1 saturated heterocycles. The van der Waals surface area contributed by atoms with Crippen LogP contribution in [-0.4, -0.2) is 51.3 Å². The molecule has 162 valence electrons. The van der Waals surface area contributed by atoms with E-state index < -0.39 is 20.9 Å². The smallest absolute Gasteiger partial charge is 0.254 e. The minimum atomic E-state index is -3.59. The SMILES string of the molecule is CCOc1ccc(C(=O)N2CCC(c3ccccc3F)S(=O)(=O)CC2)cc1OCC. The molecule has 0 spiro atoms. The molecule has 0 bridgehead atoms. The number of carbonyl (C=O) groups excluding carboxylic acids is 1. The summed E-state index contributed by atoms with van der Waals surface area (Å²) in [6, 6.07) is 10.8. The Hall–Kier alpha value is -2.61. The standard InChI is InChI=1S/C22H26FNO5S/c1-3-28-19-10-9-16(15-20(19)29-4-2)22(25)24-12-11-21(30(26,27)14-13-24)17-7-5-6-8-18(17)23/h5-10,15,21H,3-4,11-14H2,1-2H3. The second-order valence-corrected chi connectivity index (χ2v) is 9.29. The summed E-state index contributed by atoms with van der Waals surface area (Å²) in [5, 5.41) is -0.962. The number of benzene rings is 2. The Morgan fingerprint density at radius 3 is 2.47 bits per heavy atom. The minimum Gasteiger partial charge on any atom is -0.490 e. The highest BCUT2D eigenvalue weighted by Crippen LogP contribution is 2.33. The normalized spacial score (nSPS) is 18.5. The Morgan fingerprint density at radius 1 is 1.07 bits per heavy atom. The summed E-state index contributed by atoms with van der Waals surface area (Å²) in [7, 11) is -3.59. The number of sulfone groups is 1. The molecule has 0 aromatic heterocycles. The van der Waals surface area contributed by atoms with Gasteiger partial charge in [0.1, 0.15) is 5.82 Å². The van der Waals surface area contributed by atoms with Crippen LogP contribution in [0.1, 0.15) is 41.4 Å². The maximum atomic E-state index is 14.2. The van der Waals surface area contributed by atoms with Crippen LogP contribution in [0.15, 0.2) is 42.5 Å². The van der Waals surface area contributed by atoms with Crippen LogP contribution < -0.4 is 9.47 Å². The van der Waals surface area contributed by atoms with Gasteiger partial charge < -0.3 is 14.4 Å². The molecule has 1 aliphatic rings. The van der Waals surface area contributed by atoms with Crippen LogP contribution in [0.3, 0.4) is 0 Å². The average molecular weight is 436 g/mol. The predicted molar refractivity (Wildman–Crippen MR) is 112 cm³/mol. The molecule has 3 rings (SSSR count). The van der Waals surface area contributed by atoms with Crippen LogP contribution in [0.2, 0.25) is 0 Å². The number of hydrogen-bond acceptors (Lipinski definition) is 5. The zero-order chi connectivity index (χ0) is 21.7. The van der Waals surface area contributed by atoms with Gasteiger partial charge in [0.05, 0.1) is 24.2 Å². The zero-order valence-corrected chi connectivity index (χ0v) is 18.0. The molecule has 0 radical (unpaired) electrons. The van der Waals surface area contributed by atoms with Crippen LogP contribution in [0.5, 0.6) is 11.5 Å². The molecular formula is C22H26FNO5S. The molecule has 6 nitrogen and oxygen atoms in total. The van der Waals surface area contributed by atoms with Gasteiger partial charge in [0.25, 0.3) is 5.91 Å². The van der Waals surface area contributed by atoms with Crippen molar-refractivity contribution in [1.29, 1.82) is 0 Å². The Bertz CT molecular complexity index is 1010. The molecule has 2 aromatic rings. The molecule has 1 fully saturated rings. The lowest BCUT2D eigenvalue weighted by atomic mass is 10.1. The second kappa shape index (κ2) is 9.47. The molecule has 1 heterocycles. The van der Waals surface area contributed by atoms with Gasteiger partial charge in [-0.3, -0.25) is 4.79 Å². The van der Waals surface area contributed by atoms with Crippen LogP contribution in [-0.2, 0) is 9.84 Å². The van der Waals surface area contributed by atoms with Gasteiger partial charge in [-0.2, -0.15) is 0 Å². The molecule has 8 heteroatoms. The summed E-state index contributed by atoms with van der Waals surface area (Å²) >= 11 is 0. The lowest BCUT2D eigenvalue weighted by Crippen LogP contribution is -2.33. The third kappa shape index (κ3) is 4.75. The first-order valence-electron chi connectivity index (χ1n) is 10.0. The molecular weight excluding hydrogens is 409 g/mol. The third-order valence-electron chi connectivity index (χ3n) is 5.07. The highest BCUT2D eigenvalue weighted by atomic mass is 32.2. The number of nitrogens with zero attached hydrogens (tertiary/aromatic N) is 1. The fraction of sp³-hybridized carbons (Fsp3) is 0.409. The third-order valence-corrected chi connectivity index (χ3v) is 7.18. The topological polar surface area (TPSA) is 72.9 Å². The van der Waals surface area contributed by atoms with Gasteiger partial charge in [-0.15, -0.1) is 0 Å². The molecule has 30 heavy (non-hydrogen) atoms. The van der Waals surface area contributed by atoms with Crippen molar-refractivity contribution in [3.63, 3.8) is 0 Å². The lowest BCUT2D eigenvalue weighted by Gasteiger charge is -2.21. The summed E-state index contributed by atoms with van der Waals surface area (Å²) in [5.74, 6) is -0.0273. The van der Waals surface area contributed by atoms with E-state index in [9.17, 15) is 17.6 Å². The summed E-state index contributed by atoms with van der Waals surface area (Å²) in [6.45, 7) is 4.86. The molecule has 0 aliphatic carbocycles. The molecule has 0 N–H and O–H groups in total. The molecule has 1 aliphatic heterocycles. The molecule has 0 saturated carbocycles. The van der Waals surface area contributed by atoms with E-state index in [1.807, 2.05) is 13.8 Å². The molecule has 1 atom stereocenters. The van der Waals surface area contributed by atoms with Crippen LogP contribution in [0, 0.1) is 5.82 Å². The number of amides is 1. The van der Waals surface area contributed by atoms with E-state index in [0.717, 1.165) is 0 Å². The van der Waals surface area contributed by atoms with Gasteiger partial charge in [-0.05, 0) is 44.5 Å². The number of hydrogen-bond donors (Lipinski definition) is 0. The Balaban J connectivity index is 1.83. The summed E-state index contributed by atoms with van der Waals surface area (Å²) < 4.78 is 50.9. The quantitative estimate of drug-likeness (QED) is 0.693. The maximum Gasteiger partial charge on any atom is 0.254 e. The predicted octanol–water partition coefficient (Wildman–Crippen LogP) is 3.63. The average Bonchev–Trinajstić information content (AvgIpc) is 2.87. The van der Waals surface area contributed by atoms with Crippen molar-refractivity contribution < 1.29 is 27.1 Å². The maximum absolute atomic E-state index is 14.2. The van der Waals surface area contributed by atoms with E-state index in [0.29, 0.717) is 30.3 Å². The largest absolute Gasteiger partial charge is 0.490 e. The Morgan fingerprint density at radius 2 is 1.77 bits per heavy atom. The number of halogens is 1. The van der Waals surface area contributed by atoms with E-state index in [-0.39, 0.29) is 36.7 Å². The van der Waals surface area contributed by atoms with Crippen molar-refractivity contribution in [3.8, 4) is 11.5 Å².